The van der Waals surface area contributed by atoms with Gasteiger partial charge in [0.2, 0.25) is 5.91 Å². The van der Waals surface area contributed by atoms with E-state index in [-0.39, 0.29) is 17.7 Å². The minimum Gasteiger partial charge on any atom is -0.496 e. The lowest BCUT2D eigenvalue weighted by Gasteiger charge is -2.32. The highest BCUT2D eigenvalue weighted by Gasteiger charge is 2.29. The summed E-state index contributed by atoms with van der Waals surface area (Å²) in [7, 11) is 1.63. The second-order valence-corrected chi connectivity index (χ2v) is 8.55. The number of likely N-dealkylation sites (tertiary alicyclic amines) is 1. The van der Waals surface area contributed by atoms with Crippen molar-refractivity contribution in [3.8, 4) is 5.75 Å². The number of anilines is 1. The fourth-order valence-corrected chi connectivity index (χ4v) is 4.51. The van der Waals surface area contributed by atoms with Crippen LogP contribution in [0.1, 0.15) is 23.2 Å². The highest BCUT2D eigenvalue weighted by Crippen LogP contribution is 2.30. The van der Waals surface area contributed by atoms with E-state index < -0.39 is 0 Å². The number of thioether (sulfide) groups is 1. The Labute approximate surface area is 186 Å². The number of amides is 2. The number of carbonyl (C=O) groups excluding carboxylic acids is 2. The Morgan fingerprint density at radius 1 is 1.03 bits per heavy atom. The second-order valence-electron chi connectivity index (χ2n) is 7.67. The molecule has 1 fully saturated rings. The molecule has 1 atom stereocenters. The maximum atomic E-state index is 13.4. The molecule has 0 aromatic heterocycles. The Bertz CT molecular complexity index is 1100. The van der Waals surface area contributed by atoms with Gasteiger partial charge in [-0.1, -0.05) is 24.3 Å². The van der Waals surface area contributed by atoms with Crippen LogP contribution in [-0.2, 0) is 4.79 Å². The zero-order chi connectivity index (χ0) is 21.8. The van der Waals surface area contributed by atoms with Gasteiger partial charge in [-0.3, -0.25) is 9.59 Å². The molecule has 3 aromatic carbocycles. The summed E-state index contributed by atoms with van der Waals surface area (Å²) in [6.07, 6.45) is 3.61. The monoisotopic (exact) mass is 434 g/mol. The molecule has 1 heterocycles. The van der Waals surface area contributed by atoms with Crippen molar-refractivity contribution < 1.29 is 14.3 Å². The molecule has 1 saturated heterocycles. The van der Waals surface area contributed by atoms with Gasteiger partial charge in [-0.2, -0.15) is 0 Å². The fourth-order valence-electron chi connectivity index (χ4n) is 4.10. The Morgan fingerprint density at radius 3 is 2.48 bits per heavy atom. The molecule has 0 radical (unpaired) electrons. The van der Waals surface area contributed by atoms with Crippen LogP contribution in [0, 0.1) is 5.92 Å². The van der Waals surface area contributed by atoms with Crippen LogP contribution in [0.5, 0.6) is 5.75 Å². The van der Waals surface area contributed by atoms with Crippen molar-refractivity contribution in [2.75, 3.05) is 31.8 Å². The van der Waals surface area contributed by atoms with E-state index in [0.29, 0.717) is 18.7 Å². The minimum atomic E-state index is -0.220. The first kappa shape index (κ1) is 21.2. The maximum Gasteiger partial charge on any atom is 0.254 e. The van der Waals surface area contributed by atoms with E-state index >= 15 is 0 Å². The van der Waals surface area contributed by atoms with Gasteiger partial charge in [0, 0.05) is 34.6 Å². The highest BCUT2D eigenvalue weighted by atomic mass is 32.2. The van der Waals surface area contributed by atoms with Gasteiger partial charge in [0.1, 0.15) is 5.75 Å². The van der Waals surface area contributed by atoms with E-state index in [4.69, 9.17) is 4.74 Å². The molecule has 6 heteroatoms. The third kappa shape index (κ3) is 4.54. The van der Waals surface area contributed by atoms with E-state index in [1.54, 1.807) is 23.8 Å². The summed E-state index contributed by atoms with van der Waals surface area (Å²) < 4.78 is 5.45. The van der Waals surface area contributed by atoms with Crippen molar-refractivity contribution in [2.24, 2.45) is 5.92 Å². The lowest BCUT2D eigenvalue weighted by Crippen LogP contribution is -2.43. The van der Waals surface area contributed by atoms with Crippen LogP contribution in [-0.4, -0.2) is 43.2 Å². The normalized spacial score (nSPS) is 16.2. The third-order valence-electron chi connectivity index (χ3n) is 5.77. The molecule has 31 heavy (non-hydrogen) atoms. The van der Waals surface area contributed by atoms with Crippen molar-refractivity contribution in [2.45, 2.75) is 17.7 Å². The molecule has 160 valence electrons. The standard InChI is InChI=1S/C25H26N2O3S/c1-30-23-14-13-22(20-7-3-4-8-21(20)23)25(29)27-15-5-6-17(16-27)24(28)26-18-9-11-19(31-2)12-10-18/h3-4,7-14,17H,5-6,15-16H2,1-2H3,(H,26,28)/t17-/m1/s1. The number of hydrogen-bond donors (Lipinski definition) is 1. The Balaban J connectivity index is 1.50. The molecule has 1 aliphatic rings. The van der Waals surface area contributed by atoms with Crippen molar-refractivity contribution in [1.82, 2.24) is 4.90 Å². The van der Waals surface area contributed by atoms with Crippen LogP contribution >= 0.6 is 11.8 Å². The molecule has 2 amide bonds. The molecule has 1 N–H and O–H groups in total. The first-order chi connectivity index (χ1) is 15.1. The topological polar surface area (TPSA) is 58.6 Å². The second kappa shape index (κ2) is 9.43. The van der Waals surface area contributed by atoms with E-state index in [1.165, 1.54) is 0 Å². The van der Waals surface area contributed by atoms with Crippen molar-refractivity contribution >= 4 is 40.0 Å². The van der Waals surface area contributed by atoms with Gasteiger partial charge in [0.25, 0.3) is 5.91 Å². The summed E-state index contributed by atoms with van der Waals surface area (Å²) >= 11 is 1.66. The van der Waals surface area contributed by atoms with E-state index in [2.05, 4.69) is 5.32 Å². The van der Waals surface area contributed by atoms with E-state index in [0.717, 1.165) is 39.9 Å². The first-order valence-electron chi connectivity index (χ1n) is 10.4. The van der Waals surface area contributed by atoms with Crippen molar-refractivity contribution in [3.63, 3.8) is 0 Å². The molecular formula is C25H26N2O3S. The van der Waals surface area contributed by atoms with Gasteiger partial charge in [-0.25, -0.2) is 0 Å². The van der Waals surface area contributed by atoms with Gasteiger partial charge >= 0.3 is 0 Å². The summed E-state index contributed by atoms with van der Waals surface area (Å²) in [5, 5.41) is 4.78. The molecule has 1 aliphatic heterocycles. The largest absolute Gasteiger partial charge is 0.496 e. The number of rotatable bonds is 5. The Morgan fingerprint density at radius 2 is 1.77 bits per heavy atom. The Hall–Kier alpha value is -2.99. The Kier molecular flexibility index (Phi) is 6.47. The zero-order valence-electron chi connectivity index (χ0n) is 17.8. The highest BCUT2D eigenvalue weighted by molar-refractivity contribution is 7.98. The predicted molar refractivity (Wildman–Crippen MR) is 126 cm³/mol. The average Bonchev–Trinajstić information content (AvgIpc) is 2.83. The number of ether oxygens (including phenoxy) is 1. The molecule has 0 bridgehead atoms. The first-order valence-corrected chi connectivity index (χ1v) is 11.6. The summed E-state index contributed by atoms with van der Waals surface area (Å²) in [6.45, 7) is 1.08. The van der Waals surface area contributed by atoms with Crippen LogP contribution in [0.25, 0.3) is 10.8 Å². The molecular weight excluding hydrogens is 408 g/mol. The number of nitrogens with zero attached hydrogens (tertiary/aromatic N) is 1. The van der Waals surface area contributed by atoms with Gasteiger partial charge < -0.3 is 15.0 Å². The number of methoxy groups -OCH3 is 1. The van der Waals surface area contributed by atoms with Crippen LogP contribution < -0.4 is 10.1 Å². The van der Waals surface area contributed by atoms with Crippen molar-refractivity contribution in [3.05, 3.63) is 66.2 Å². The number of nitrogens with one attached hydrogen (secondary N) is 1. The molecule has 0 spiro atoms. The van der Waals surface area contributed by atoms with Crippen LogP contribution in [0.2, 0.25) is 0 Å². The molecule has 5 nitrogen and oxygen atoms in total. The summed E-state index contributed by atoms with van der Waals surface area (Å²) in [4.78, 5) is 29.2. The molecule has 3 aromatic rings. The molecule has 0 unspecified atom stereocenters. The number of hydrogen-bond acceptors (Lipinski definition) is 4. The smallest absolute Gasteiger partial charge is 0.254 e. The van der Waals surface area contributed by atoms with Crippen molar-refractivity contribution in [1.29, 1.82) is 0 Å². The number of benzene rings is 3. The molecule has 0 aliphatic carbocycles. The summed E-state index contributed by atoms with van der Waals surface area (Å²) in [6, 6.07) is 19.2. The van der Waals surface area contributed by atoms with Crippen LogP contribution in [0.3, 0.4) is 0 Å². The van der Waals surface area contributed by atoms with E-state index in [1.807, 2.05) is 66.9 Å². The lowest BCUT2D eigenvalue weighted by molar-refractivity contribution is -0.121. The van der Waals surface area contributed by atoms with Crippen LogP contribution in [0.15, 0.2) is 65.6 Å². The predicted octanol–water partition coefficient (Wildman–Crippen LogP) is 5.06. The minimum absolute atomic E-state index is 0.0333. The summed E-state index contributed by atoms with van der Waals surface area (Å²) in [5.74, 6) is 0.452. The maximum absolute atomic E-state index is 13.4. The van der Waals surface area contributed by atoms with Crippen LogP contribution in [0.4, 0.5) is 5.69 Å². The van der Waals surface area contributed by atoms with E-state index in [9.17, 15) is 9.59 Å². The quantitative estimate of drug-likeness (QED) is 0.570. The van der Waals surface area contributed by atoms with Gasteiger partial charge in [0.05, 0.1) is 13.0 Å². The third-order valence-corrected chi connectivity index (χ3v) is 6.51. The van der Waals surface area contributed by atoms with Gasteiger partial charge in [-0.15, -0.1) is 11.8 Å². The zero-order valence-corrected chi connectivity index (χ0v) is 18.6. The molecule has 4 rings (SSSR count). The average molecular weight is 435 g/mol. The lowest BCUT2D eigenvalue weighted by atomic mass is 9.95. The molecule has 0 saturated carbocycles. The SMILES string of the molecule is COc1ccc(C(=O)N2CCC[C@@H](C(=O)Nc3ccc(SC)cc3)C2)c2ccccc12. The van der Waals surface area contributed by atoms with Gasteiger partial charge in [0.15, 0.2) is 0 Å². The number of carbonyl (C=O) groups is 2. The number of fused-ring (bicyclic) bond motifs is 1. The number of piperidine rings is 1. The fraction of sp³-hybridized carbons (Fsp3) is 0.280. The summed E-state index contributed by atoms with van der Waals surface area (Å²) in [5.41, 5.74) is 1.43. The van der Waals surface area contributed by atoms with Gasteiger partial charge in [-0.05, 0) is 60.9 Å².